The molecule has 9 nitrogen and oxygen atoms in total. The van der Waals surface area contributed by atoms with Gasteiger partial charge in [-0.3, -0.25) is 24.0 Å². The monoisotopic (exact) mass is 622 g/mol. The minimum Gasteiger partial charge on any atom is -0.347 e. The van der Waals surface area contributed by atoms with Gasteiger partial charge in [0, 0.05) is 19.0 Å². The van der Waals surface area contributed by atoms with Crippen molar-refractivity contribution in [2.45, 2.75) is 141 Å². The summed E-state index contributed by atoms with van der Waals surface area (Å²) in [6, 6.07) is -2.26. The second kappa shape index (κ2) is 11.7. The third-order valence-corrected chi connectivity index (χ3v) is 12.6. The highest BCUT2D eigenvalue weighted by Crippen LogP contribution is 2.61. The molecule has 248 valence electrons. The number of nitrogens with zero attached hydrogens (tertiary/aromatic N) is 1. The molecule has 4 bridgehead atoms. The fourth-order valence-corrected chi connectivity index (χ4v) is 10.6. The van der Waals surface area contributed by atoms with Crippen LogP contribution in [-0.2, 0) is 24.0 Å². The van der Waals surface area contributed by atoms with Gasteiger partial charge in [0.2, 0.25) is 23.5 Å². The number of fused-ring (bicyclic) bond motifs is 1. The van der Waals surface area contributed by atoms with Gasteiger partial charge in [0.05, 0.1) is 6.04 Å². The van der Waals surface area contributed by atoms with Crippen molar-refractivity contribution in [1.82, 2.24) is 20.9 Å². The third kappa shape index (κ3) is 6.56. The van der Waals surface area contributed by atoms with Crippen molar-refractivity contribution >= 4 is 29.4 Å². The number of amides is 4. The van der Waals surface area contributed by atoms with Crippen molar-refractivity contribution in [3.05, 3.63) is 0 Å². The zero-order valence-electron chi connectivity index (χ0n) is 27.6. The Morgan fingerprint density at radius 1 is 0.844 bits per heavy atom. The van der Waals surface area contributed by atoms with Crippen LogP contribution in [0.4, 0.5) is 0 Å². The molecule has 4 amide bonds. The van der Waals surface area contributed by atoms with E-state index in [2.05, 4.69) is 16.0 Å². The molecule has 0 aromatic heterocycles. The Hall–Kier alpha value is -2.45. The first kappa shape index (κ1) is 31.2. The lowest BCUT2D eigenvalue weighted by Gasteiger charge is -2.56. The van der Waals surface area contributed by atoms with Crippen LogP contribution in [0, 0.1) is 46.3 Å². The van der Waals surface area contributed by atoms with Crippen molar-refractivity contribution in [3.8, 4) is 0 Å². The fraction of sp³-hybridized carbons (Fsp3) is 0.861. The molecule has 7 saturated carbocycles. The van der Waals surface area contributed by atoms with Gasteiger partial charge in [-0.2, -0.15) is 0 Å². The van der Waals surface area contributed by atoms with Crippen molar-refractivity contribution in [2.24, 2.45) is 46.3 Å². The van der Waals surface area contributed by atoms with E-state index in [1.54, 1.807) is 4.90 Å². The number of likely N-dealkylation sites (tertiary alicyclic amines) is 1. The number of hydrogen-bond acceptors (Lipinski definition) is 5. The van der Waals surface area contributed by atoms with Gasteiger partial charge in [-0.25, -0.2) is 0 Å². The molecule has 0 spiro atoms. The molecule has 9 heteroatoms. The maximum absolute atomic E-state index is 14.5. The van der Waals surface area contributed by atoms with E-state index >= 15 is 0 Å². The molecule has 1 saturated heterocycles. The number of hydrogen-bond donors (Lipinski definition) is 3. The van der Waals surface area contributed by atoms with Crippen molar-refractivity contribution < 1.29 is 24.0 Å². The topological polar surface area (TPSA) is 125 Å². The molecule has 0 aromatic rings. The van der Waals surface area contributed by atoms with E-state index in [1.807, 2.05) is 20.8 Å². The normalized spacial score (nSPS) is 36.3. The first-order valence-corrected chi connectivity index (χ1v) is 18.1. The van der Waals surface area contributed by atoms with Gasteiger partial charge in [0.25, 0.3) is 5.91 Å². The van der Waals surface area contributed by atoms with Crippen LogP contribution in [0.1, 0.15) is 117 Å². The van der Waals surface area contributed by atoms with Gasteiger partial charge in [-0.1, -0.05) is 40.0 Å². The molecule has 3 N–H and O–H groups in total. The lowest BCUT2D eigenvalue weighted by molar-refractivity contribution is -0.146. The van der Waals surface area contributed by atoms with Crippen LogP contribution >= 0.6 is 0 Å². The lowest BCUT2D eigenvalue weighted by Crippen LogP contribution is -2.60. The number of ketones is 1. The molecule has 8 fully saturated rings. The van der Waals surface area contributed by atoms with Crippen molar-refractivity contribution in [2.75, 3.05) is 6.54 Å². The zero-order chi connectivity index (χ0) is 31.7. The van der Waals surface area contributed by atoms with Gasteiger partial charge in [-0.05, 0) is 117 Å². The first-order chi connectivity index (χ1) is 21.4. The molecule has 0 aromatic carbocycles. The summed E-state index contributed by atoms with van der Waals surface area (Å²) in [5.41, 5.74) is -0.468. The number of carbonyl (C=O) groups excluding carboxylic acids is 5. The Labute approximate surface area is 268 Å². The van der Waals surface area contributed by atoms with E-state index in [9.17, 15) is 24.0 Å². The Morgan fingerprint density at radius 3 is 2.07 bits per heavy atom. The van der Waals surface area contributed by atoms with E-state index in [4.69, 9.17) is 0 Å². The van der Waals surface area contributed by atoms with Crippen LogP contribution in [0.3, 0.4) is 0 Å². The summed E-state index contributed by atoms with van der Waals surface area (Å²) in [6.07, 6.45) is 14.9. The number of nitrogens with one attached hydrogen (secondary N) is 3. The molecule has 0 unspecified atom stereocenters. The largest absolute Gasteiger partial charge is 0.347 e. The van der Waals surface area contributed by atoms with Gasteiger partial charge >= 0.3 is 0 Å². The molecule has 45 heavy (non-hydrogen) atoms. The molecule has 8 rings (SSSR count). The Bertz CT molecular complexity index is 1200. The summed E-state index contributed by atoms with van der Waals surface area (Å²) in [6.45, 7) is 6.43. The summed E-state index contributed by atoms with van der Waals surface area (Å²) in [5.74, 6) is 1.08. The van der Waals surface area contributed by atoms with Gasteiger partial charge in [-0.15, -0.1) is 0 Å². The van der Waals surface area contributed by atoms with Gasteiger partial charge in [0.15, 0.2) is 0 Å². The molecule has 8 aliphatic rings. The summed E-state index contributed by atoms with van der Waals surface area (Å²) in [5, 5.41) is 8.96. The Morgan fingerprint density at radius 2 is 1.49 bits per heavy atom. The molecule has 5 atom stereocenters. The zero-order valence-corrected chi connectivity index (χ0v) is 27.6. The molecule has 1 heterocycles. The highest BCUT2D eigenvalue weighted by Gasteiger charge is 2.54. The predicted molar refractivity (Wildman–Crippen MR) is 168 cm³/mol. The Balaban J connectivity index is 1.06. The smallest absolute Gasteiger partial charge is 0.289 e. The quantitative estimate of drug-likeness (QED) is 0.302. The van der Waals surface area contributed by atoms with Crippen LogP contribution in [-0.4, -0.2) is 65.0 Å². The van der Waals surface area contributed by atoms with Crippen LogP contribution in [0.25, 0.3) is 0 Å². The maximum atomic E-state index is 14.5. The second-order valence-corrected chi connectivity index (χ2v) is 17.6. The molecule has 7 aliphatic carbocycles. The van der Waals surface area contributed by atoms with Gasteiger partial charge in [0.1, 0.15) is 12.1 Å². The maximum Gasteiger partial charge on any atom is 0.289 e. The molecular formula is C36H54N4O5. The number of carbonyl (C=O) groups is 5. The fourth-order valence-electron chi connectivity index (χ4n) is 10.6. The minimum atomic E-state index is -0.875. The second-order valence-electron chi connectivity index (χ2n) is 17.6. The predicted octanol–water partition coefficient (Wildman–Crippen LogP) is 3.88. The van der Waals surface area contributed by atoms with E-state index in [-0.39, 0.29) is 41.0 Å². The standard InChI is InChI=1S/C36H54N4O5/c1-35(2,3)31(39-28(41)18-36-15-21-11-22(16-36)13-23(12-21)17-36)34(45)40-19-24-5-4-6-26(24)29(40)32(43)38-27(14-20-7-8-20)30(42)33(44)37-25-9-10-25/h20-27,29,31H,4-19H2,1-3H3,(H,37,44)(H,38,43)(H,39,41)/t21?,22?,23?,24-,26-,27-,29-,31+,36?/m0/s1. The number of Topliss-reactive ketones (excluding diaryl/α,β-unsaturated/α-hetero) is 1. The van der Waals surface area contributed by atoms with Crippen molar-refractivity contribution in [1.29, 1.82) is 0 Å². The van der Waals surface area contributed by atoms with E-state index in [0.717, 1.165) is 82.0 Å². The SMILES string of the molecule is CC(C)(C)[C@H](NC(=O)CC12CC3CC(CC(C3)C1)C2)C(=O)N1C[C@@H]2CCC[C@@H]2[C@H]1C(=O)N[C@@H](CC1CC1)C(=O)C(=O)NC1CC1. The summed E-state index contributed by atoms with van der Waals surface area (Å²) >= 11 is 0. The molecule has 1 aliphatic heterocycles. The number of rotatable bonds is 11. The Kier molecular flexibility index (Phi) is 8.07. The van der Waals surface area contributed by atoms with Crippen LogP contribution in [0.2, 0.25) is 0 Å². The molecular weight excluding hydrogens is 568 g/mol. The lowest BCUT2D eigenvalue weighted by atomic mass is 9.49. The summed E-state index contributed by atoms with van der Waals surface area (Å²) < 4.78 is 0. The minimum absolute atomic E-state index is 0.0225. The van der Waals surface area contributed by atoms with Crippen LogP contribution in [0.5, 0.6) is 0 Å². The van der Waals surface area contributed by atoms with Crippen LogP contribution < -0.4 is 16.0 Å². The third-order valence-electron chi connectivity index (χ3n) is 12.6. The first-order valence-electron chi connectivity index (χ1n) is 18.1. The summed E-state index contributed by atoms with van der Waals surface area (Å²) in [7, 11) is 0. The van der Waals surface area contributed by atoms with E-state index in [0.29, 0.717) is 25.3 Å². The van der Waals surface area contributed by atoms with E-state index < -0.39 is 35.2 Å². The average Bonchev–Trinajstić information content (AvgIpc) is 3.86. The van der Waals surface area contributed by atoms with Crippen LogP contribution in [0.15, 0.2) is 0 Å². The van der Waals surface area contributed by atoms with Crippen molar-refractivity contribution in [3.63, 3.8) is 0 Å². The summed E-state index contributed by atoms with van der Waals surface area (Å²) in [4.78, 5) is 70.0. The molecule has 0 radical (unpaired) electrons. The van der Waals surface area contributed by atoms with E-state index in [1.165, 1.54) is 19.3 Å². The average molecular weight is 623 g/mol. The van der Waals surface area contributed by atoms with Gasteiger partial charge < -0.3 is 20.9 Å². The highest BCUT2D eigenvalue weighted by atomic mass is 16.2. The highest BCUT2D eigenvalue weighted by molar-refractivity contribution is 6.38.